The Morgan fingerprint density at radius 3 is 2.42 bits per heavy atom. The molecule has 130 valence electrons. The number of carbonyl (C=O) groups is 1. The number of carboxylic acid groups (broad SMARTS) is 1. The molecule has 0 saturated heterocycles. The largest absolute Gasteiger partial charge is 0.477 e. The van der Waals surface area contributed by atoms with Crippen LogP contribution in [0.2, 0.25) is 0 Å². The summed E-state index contributed by atoms with van der Waals surface area (Å²) in [7, 11) is -3.99. The highest BCUT2D eigenvalue weighted by atomic mass is 32.2. The van der Waals surface area contributed by atoms with Crippen molar-refractivity contribution >= 4 is 33.0 Å². The van der Waals surface area contributed by atoms with Crippen LogP contribution in [-0.4, -0.2) is 24.5 Å². The Bertz CT molecular complexity index is 949. The SMILES string of the molecule is Cc1cc(NS(=O)(=O)c2cc(C(=O)O)sc2C(C)(C)C)c[nH]c1=O. The lowest BCUT2D eigenvalue weighted by atomic mass is 9.95. The Labute approximate surface area is 143 Å². The fourth-order valence-corrected chi connectivity index (χ4v) is 4.91. The first-order valence-electron chi connectivity index (χ1n) is 7.01. The van der Waals surface area contributed by atoms with E-state index in [1.165, 1.54) is 12.3 Å². The van der Waals surface area contributed by atoms with Crippen LogP contribution < -0.4 is 10.3 Å². The van der Waals surface area contributed by atoms with Gasteiger partial charge in [0.2, 0.25) is 0 Å². The first kappa shape index (κ1) is 18.2. The highest BCUT2D eigenvalue weighted by Crippen LogP contribution is 2.37. The molecule has 0 bridgehead atoms. The first-order chi connectivity index (χ1) is 10.9. The Morgan fingerprint density at radius 1 is 1.29 bits per heavy atom. The normalized spacial score (nSPS) is 12.2. The minimum atomic E-state index is -3.99. The second kappa shape index (κ2) is 6.06. The van der Waals surface area contributed by atoms with Crippen LogP contribution in [0, 0.1) is 6.92 Å². The number of pyridine rings is 1. The van der Waals surface area contributed by atoms with Gasteiger partial charge in [-0.15, -0.1) is 11.3 Å². The summed E-state index contributed by atoms with van der Waals surface area (Å²) < 4.78 is 27.8. The number of H-pyrrole nitrogens is 1. The third-order valence-corrected chi connectivity index (χ3v) is 6.30. The van der Waals surface area contributed by atoms with Gasteiger partial charge in [0.25, 0.3) is 15.6 Å². The summed E-state index contributed by atoms with van der Waals surface area (Å²) in [5.74, 6) is -1.17. The van der Waals surface area contributed by atoms with Gasteiger partial charge < -0.3 is 10.1 Å². The van der Waals surface area contributed by atoms with E-state index < -0.39 is 21.4 Å². The predicted octanol–water partition coefficient (Wildman–Crippen LogP) is 2.54. The van der Waals surface area contributed by atoms with Gasteiger partial charge in [0, 0.05) is 16.6 Å². The van der Waals surface area contributed by atoms with Crippen LogP contribution in [0.4, 0.5) is 5.69 Å². The molecule has 2 aromatic rings. The van der Waals surface area contributed by atoms with Crippen LogP contribution in [0.5, 0.6) is 0 Å². The summed E-state index contributed by atoms with van der Waals surface area (Å²) in [4.78, 5) is 25.4. The molecule has 0 atom stereocenters. The van der Waals surface area contributed by atoms with E-state index in [1.54, 1.807) is 6.92 Å². The number of carboxylic acids is 1. The standard InChI is InChI=1S/C15H18N2O5S2/c1-8-5-9(7-16-13(8)18)17-24(21,22)11-6-10(14(19)20)23-12(11)15(2,3)4/h5-7,17H,1-4H3,(H,16,18)(H,19,20). The van der Waals surface area contributed by atoms with E-state index in [-0.39, 0.29) is 21.0 Å². The van der Waals surface area contributed by atoms with Crippen LogP contribution in [0.25, 0.3) is 0 Å². The zero-order valence-corrected chi connectivity index (χ0v) is 15.3. The van der Waals surface area contributed by atoms with Crippen molar-refractivity contribution < 1.29 is 18.3 Å². The van der Waals surface area contributed by atoms with Crippen molar-refractivity contribution in [3.05, 3.63) is 44.0 Å². The van der Waals surface area contributed by atoms with Crippen LogP contribution in [0.3, 0.4) is 0 Å². The molecular weight excluding hydrogens is 352 g/mol. The molecule has 0 saturated carbocycles. The van der Waals surface area contributed by atoms with Crippen molar-refractivity contribution in [3.8, 4) is 0 Å². The number of aryl methyl sites for hydroxylation is 1. The number of nitrogens with one attached hydrogen (secondary N) is 2. The third kappa shape index (κ3) is 3.68. The molecule has 7 nitrogen and oxygen atoms in total. The molecule has 2 heterocycles. The van der Waals surface area contributed by atoms with Crippen molar-refractivity contribution in [2.24, 2.45) is 0 Å². The average molecular weight is 370 g/mol. The van der Waals surface area contributed by atoms with Gasteiger partial charge in [0.05, 0.1) is 5.69 Å². The number of hydrogen-bond acceptors (Lipinski definition) is 5. The van der Waals surface area contributed by atoms with Crippen LogP contribution in [-0.2, 0) is 15.4 Å². The zero-order chi connectivity index (χ0) is 18.3. The molecule has 0 fully saturated rings. The Hall–Kier alpha value is -2.13. The van der Waals surface area contributed by atoms with Gasteiger partial charge in [0.15, 0.2) is 0 Å². The van der Waals surface area contributed by atoms with Crippen molar-refractivity contribution in [2.45, 2.75) is 38.0 Å². The fourth-order valence-electron chi connectivity index (χ4n) is 2.07. The van der Waals surface area contributed by atoms with E-state index in [0.29, 0.717) is 10.4 Å². The maximum absolute atomic E-state index is 12.7. The Balaban J connectivity index is 2.54. The molecule has 24 heavy (non-hydrogen) atoms. The maximum Gasteiger partial charge on any atom is 0.345 e. The van der Waals surface area contributed by atoms with Crippen molar-refractivity contribution in [3.63, 3.8) is 0 Å². The molecule has 3 N–H and O–H groups in total. The molecular formula is C15H18N2O5S2. The maximum atomic E-state index is 12.7. The molecule has 0 spiro atoms. The smallest absolute Gasteiger partial charge is 0.345 e. The second-order valence-electron chi connectivity index (χ2n) is 6.37. The topological polar surface area (TPSA) is 116 Å². The minimum Gasteiger partial charge on any atom is -0.477 e. The number of aromatic amines is 1. The lowest BCUT2D eigenvalue weighted by Crippen LogP contribution is -2.19. The molecule has 0 unspecified atom stereocenters. The zero-order valence-electron chi connectivity index (χ0n) is 13.6. The van der Waals surface area contributed by atoms with Crippen molar-refractivity contribution in [1.29, 1.82) is 0 Å². The van der Waals surface area contributed by atoms with E-state index in [1.807, 2.05) is 20.8 Å². The van der Waals surface area contributed by atoms with E-state index in [9.17, 15) is 18.0 Å². The molecule has 0 radical (unpaired) electrons. The van der Waals surface area contributed by atoms with E-state index >= 15 is 0 Å². The molecule has 0 aliphatic heterocycles. The number of anilines is 1. The molecule has 2 rings (SSSR count). The average Bonchev–Trinajstić information content (AvgIpc) is 2.89. The van der Waals surface area contributed by atoms with Crippen molar-refractivity contribution in [2.75, 3.05) is 4.72 Å². The summed E-state index contributed by atoms with van der Waals surface area (Å²) in [6, 6.07) is 2.58. The second-order valence-corrected chi connectivity index (χ2v) is 9.07. The highest BCUT2D eigenvalue weighted by Gasteiger charge is 2.30. The number of thiophene rings is 1. The summed E-state index contributed by atoms with van der Waals surface area (Å²) in [5, 5.41) is 9.17. The third-order valence-electron chi connectivity index (χ3n) is 3.22. The summed E-state index contributed by atoms with van der Waals surface area (Å²) in [6.45, 7) is 7.00. The lowest BCUT2D eigenvalue weighted by molar-refractivity contribution is 0.0702. The van der Waals surface area contributed by atoms with Gasteiger partial charge in [-0.25, -0.2) is 13.2 Å². The first-order valence-corrected chi connectivity index (χ1v) is 9.31. The summed E-state index contributed by atoms with van der Waals surface area (Å²) in [6.07, 6.45) is 1.26. The quantitative estimate of drug-likeness (QED) is 0.765. The number of aromatic carboxylic acids is 1. The number of hydrogen-bond donors (Lipinski definition) is 3. The van der Waals surface area contributed by atoms with Crippen LogP contribution in [0.15, 0.2) is 28.0 Å². The Kier molecular flexibility index (Phi) is 4.60. The van der Waals surface area contributed by atoms with Gasteiger partial charge in [-0.3, -0.25) is 9.52 Å². The van der Waals surface area contributed by atoms with Gasteiger partial charge >= 0.3 is 5.97 Å². The molecule has 0 aromatic carbocycles. The molecule has 9 heteroatoms. The van der Waals surface area contributed by atoms with E-state index in [2.05, 4.69) is 9.71 Å². The van der Waals surface area contributed by atoms with Gasteiger partial charge in [-0.05, 0) is 24.5 Å². The molecule has 0 aliphatic carbocycles. The monoisotopic (exact) mass is 370 g/mol. The fraction of sp³-hybridized carbons (Fsp3) is 0.333. The van der Waals surface area contributed by atoms with Crippen molar-refractivity contribution in [1.82, 2.24) is 4.98 Å². The molecule has 0 aliphatic rings. The van der Waals surface area contributed by atoms with Gasteiger partial charge in [0.1, 0.15) is 9.77 Å². The lowest BCUT2D eigenvalue weighted by Gasteiger charge is -2.19. The highest BCUT2D eigenvalue weighted by molar-refractivity contribution is 7.93. The summed E-state index contributed by atoms with van der Waals surface area (Å²) >= 11 is 0.941. The van der Waals surface area contributed by atoms with Crippen LogP contribution in [0.1, 0.15) is 40.9 Å². The van der Waals surface area contributed by atoms with E-state index in [0.717, 1.165) is 17.4 Å². The number of sulfonamides is 1. The predicted molar refractivity (Wildman–Crippen MR) is 92.6 cm³/mol. The van der Waals surface area contributed by atoms with Crippen LogP contribution >= 0.6 is 11.3 Å². The number of rotatable bonds is 4. The van der Waals surface area contributed by atoms with Gasteiger partial charge in [-0.1, -0.05) is 20.8 Å². The number of aromatic nitrogens is 1. The van der Waals surface area contributed by atoms with Gasteiger partial charge in [-0.2, -0.15) is 0 Å². The minimum absolute atomic E-state index is 0.0436. The molecule has 0 amide bonds. The Morgan fingerprint density at radius 2 is 1.92 bits per heavy atom. The molecule has 2 aromatic heterocycles. The summed E-state index contributed by atoms with van der Waals surface area (Å²) in [5.41, 5.74) is -0.279. The van der Waals surface area contributed by atoms with E-state index in [4.69, 9.17) is 5.11 Å².